The highest BCUT2D eigenvalue weighted by molar-refractivity contribution is 7.90. The quantitative estimate of drug-likeness (QED) is 0.552. The van der Waals surface area contributed by atoms with Gasteiger partial charge >= 0.3 is 0 Å². The third-order valence-electron chi connectivity index (χ3n) is 5.34. The highest BCUT2D eigenvalue weighted by Gasteiger charge is 2.42. The van der Waals surface area contributed by atoms with Gasteiger partial charge in [-0.3, -0.25) is 9.79 Å². The molecular formula is C20H32N4O3S. The Balaban J connectivity index is 2.00. The molecular weight excluding hydrogens is 376 g/mol. The van der Waals surface area contributed by atoms with Crippen molar-refractivity contribution in [3.8, 4) is 0 Å². The van der Waals surface area contributed by atoms with Gasteiger partial charge in [-0.1, -0.05) is 25.0 Å². The number of aliphatic imine (C=N–C) groups is 1. The van der Waals surface area contributed by atoms with E-state index in [9.17, 15) is 13.2 Å². The van der Waals surface area contributed by atoms with Crippen molar-refractivity contribution in [1.29, 1.82) is 0 Å². The second-order valence-electron chi connectivity index (χ2n) is 7.84. The fraction of sp³-hybridized carbons (Fsp3) is 0.600. The Morgan fingerprint density at radius 2 is 1.86 bits per heavy atom. The molecule has 0 bridgehead atoms. The molecule has 0 heterocycles. The maximum Gasteiger partial charge on any atom is 0.230 e. The van der Waals surface area contributed by atoms with Crippen LogP contribution in [0.25, 0.3) is 0 Å². The molecule has 28 heavy (non-hydrogen) atoms. The topological polar surface area (TPSA) is 90.9 Å². The molecule has 1 aromatic carbocycles. The number of guanidine groups is 1. The number of amides is 1. The van der Waals surface area contributed by atoms with Gasteiger partial charge < -0.3 is 15.5 Å². The van der Waals surface area contributed by atoms with Crippen molar-refractivity contribution < 1.29 is 13.2 Å². The lowest BCUT2D eigenvalue weighted by Gasteiger charge is -2.31. The Bertz CT molecular complexity index is 841. The summed E-state index contributed by atoms with van der Waals surface area (Å²) in [5.41, 5.74) is 1.33. The van der Waals surface area contributed by atoms with E-state index in [0.29, 0.717) is 23.9 Å². The van der Waals surface area contributed by atoms with Crippen molar-refractivity contribution in [1.82, 2.24) is 15.5 Å². The van der Waals surface area contributed by atoms with Crippen molar-refractivity contribution in [3.05, 3.63) is 29.3 Å². The van der Waals surface area contributed by atoms with E-state index < -0.39 is 9.84 Å². The van der Waals surface area contributed by atoms with Crippen LogP contribution < -0.4 is 10.6 Å². The number of sulfone groups is 1. The Labute approximate surface area is 168 Å². The van der Waals surface area contributed by atoms with Crippen molar-refractivity contribution in [2.24, 2.45) is 10.4 Å². The van der Waals surface area contributed by atoms with Crippen LogP contribution in [0.5, 0.6) is 0 Å². The minimum absolute atomic E-state index is 0.167. The van der Waals surface area contributed by atoms with Gasteiger partial charge in [0.1, 0.15) is 0 Å². The summed E-state index contributed by atoms with van der Waals surface area (Å²) in [7, 11) is 2.09. The molecule has 2 N–H and O–H groups in total. The zero-order chi connectivity index (χ0) is 20.9. The molecule has 0 aliphatic heterocycles. The van der Waals surface area contributed by atoms with Crippen LogP contribution in [0.1, 0.15) is 36.8 Å². The van der Waals surface area contributed by atoms with Crippen LogP contribution in [-0.2, 0) is 21.2 Å². The summed E-state index contributed by atoms with van der Waals surface area (Å²) in [6, 6.07) is 5.31. The van der Waals surface area contributed by atoms with Gasteiger partial charge in [0, 0.05) is 40.5 Å². The molecule has 0 unspecified atom stereocenters. The maximum absolute atomic E-state index is 12.7. The van der Waals surface area contributed by atoms with Gasteiger partial charge in [-0.15, -0.1) is 0 Å². The van der Waals surface area contributed by atoms with Crippen LogP contribution in [-0.4, -0.2) is 59.1 Å². The van der Waals surface area contributed by atoms with Crippen LogP contribution in [0.2, 0.25) is 0 Å². The summed E-state index contributed by atoms with van der Waals surface area (Å²) in [5.74, 6) is 0.794. The van der Waals surface area contributed by atoms with E-state index in [1.807, 2.05) is 6.07 Å². The molecule has 156 valence electrons. The number of rotatable bonds is 6. The lowest BCUT2D eigenvalue weighted by molar-refractivity contribution is -0.138. The Morgan fingerprint density at radius 3 is 2.36 bits per heavy atom. The third-order valence-corrected chi connectivity index (χ3v) is 6.59. The van der Waals surface area contributed by atoms with E-state index in [-0.39, 0.29) is 11.3 Å². The second-order valence-corrected chi connectivity index (χ2v) is 9.82. The molecule has 2 rings (SSSR count). The molecule has 0 spiro atoms. The largest absolute Gasteiger partial charge is 0.355 e. The van der Waals surface area contributed by atoms with Gasteiger partial charge in [0.15, 0.2) is 15.8 Å². The summed E-state index contributed by atoms with van der Waals surface area (Å²) >= 11 is 0. The number of hydrogen-bond acceptors (Lipinski definition) is 4. The maximum atomic E-state index is 12.7. The van der Waals surface area contributed by atoms with E-state index >= 15 is 0 Å². The number of benzene rings is 1. The average molecular weight is 409 g/mol. The molecule has 1 fully saturated rings. The monoisotopic (exact) mass is 408 g/mol. The van der Waals surface area contributed by atoms with Gasteiger partial charge in [0.05, 0.1) is 10.3 Å². The first kappa shape index (κ1) is 22.2. The smallest absolute Gasteiger partial charge is 0.230 e. The number of hydrogen-bond donors (Lipinski definition) is 2. The van der Waals surface area contributed by atoms with E-state index in [4.69, 9.17) is 0 Å². The molecule has 0 radical (unpaired) electrons. The number of carbonyl (C=O) groups is 1. The number of carbonyl (C=O) groups excluding carboxylic acids is 1. The summed E-state index contributed by atoms with van der Waals surface area (Å²) in [4.78, 5) is 19.0. The second kappa shape index (κ2) is 8.94. The fourth-order valence-electron chi connectivity index (χ4n) is 3.89. The van der Waals surface area contributed by atoms with E-state index in [1.165, 1.54) is 6.26 Å². The number of nitrogens with one attached hydrogen (secondary N) is 2. The van der Waals surface area contributed by atoms with Crippen LogP contribution in [0, 0.1) is 12.3 Å². The van der Waals surface area contributed by atoms with Gasteiger partial charge in [0.2, 0.25) is 5.91 Å². The predicted molar refractivity (Wildman–Crippen MR) is 112 cm³/mol. The third kappa shape index (κ3) is 5.25. The van der Waals surface area contributed by atoms with Gasteiger partial charge in [-0.05, 0) is 37.0 Å². The van der Waals surface area contributed by atoms with Crippen molar-refractivity contribution >= 4 is 21.7 Å². The minimum Gasteiger partial charge on any atom is -0.355 e. The summed E-state index contributed by atoms with van der Waals surface area (Å²) in [5, 5.41) is 6.55. The first-order valence-corrected chi connectivity index (χ1v) is 11.4. The molecule has 1 amide bonds. The zero-order valence-corrected chi connectivity index (χ0v) is 18.3. The minimum atomic E-state index is -3.22. The molecule has 8 heteroatoms. The predicted octanol–water partition coefficient (Wildman–Crippen LogP) is 1.71. The van der Waals surface area contributed by atoms with Gasteiger partial charge in [0.25, 0.3) is 0 Å². The van der Waals surface area contributed by atoms with E-state index in [1.54, 1.807) is 45.1 Å². The molecule has 1 aliphatic rings. The first-order valence-electron chi connectivity index (χ1n) is 9.55. The van der Waals surface area contributed by atoms with E-state index in [0.717, 1.165) is 36.8 Å². The van der Waals surface area contributed by atoms with Crippen molar-refractivity contribution in [2.45, 2.75) is 44.0 Å². The zero-order valence-electron chi connectivity index (χ0n) is 17.5. The van der Waals surface area contributed by atoms with Crippen molar-refractivity contribution in [3.63, 3.8) is 0 Å². The highest BCUT2D eigenvalue weighted by atomic mass is 32.2. The van der Waals surface area contributed by atoms with Gasteiger partial charge in [-0.25, -0.2) is 8.42 Å². The molecule has 0 atom stereocenters. The molecule has 0 saturated heterocycles. The number of aryl methyl sites for hydroxylation is 1. The van der Waals surface area contributed by atoms with Crippen LogP contribution in [0.4, 0.5) is 0 Å². The van der Waals surface area contributed by atoms with Crippen LogP contribution in [0.15, 0.2) is 28.1 Å². The van der Waals surface area contributed by atoms with Crippen LogP contribution in [0.3, 0.4) is 0 Å². The molecule has 1 aromatic rings. The molecule has 7 nitrogen and oxygen atoms in total. The number of nitrogens with zero attached hydrogens (tertiary/aromatic N) is 2. The molecule has 1 aliphatic carbocycles. The Kier molecular flexibility index (Phi) is 7.09. The Hall–Kier alpha value is -2.09. The summed E-state index contributed by atoms with van der Waals surface area (Å²) < 4.78 is 23.5. The molecule has 1 saturated carbocycles. The SMILES string of the molecule is CN=C(NCc1ccc(S(C)(=O)=O)c(C)c1)NCC1(C(=O)N(C)C)CCCC1. The van der Waals surface area contributed by atoms with Crippen molar-refractivity contribution in [2.75, 3.05) is 33.9 Å². The Morgan fingerprint density at radius 1 is 1.21 bits per heavy atom. The summed E-state index contributed by atoms with van der Waals surface area (Å²) in [6.45, 7) is 2.86. The van der Waals surface area contributed by atoms with Gasteiger partial charge in [-0.2, -0.15) is 0 Å². The lowest BCUT2D eigenvalue weighted by Crippen LogP contribution is -2.49. The fourth-order valence-corrected chi connectivity index (χ4v) is 4.85. The average Bonchev–Trinajstić information content (AvgIpc) is 3.10. The summed E-state index contributed by atoms with van der Waals surface area (Å²) in [6.07, 6.45) is 5.13. The van der Waals surface area contributed by atoms with Crippen LogP contribution >= 0.6 is 0 Å². The van der Waals surface area contributed by atoms with E-state index in [2.05, 4.69) is 15.6 Å². The first-order chi connectivity index (χ1) is 13.1. The normalized spacial score (nSPS) is 16.7. The standard InChI is InChI=1S/C20H32N4O3S/c1-15-12-16(8-9-17(15)28(5,26)27)13-22-19(21-2)23-14-20(10-6-7-11-20)18(25)24(3)4/h8-9,12H,6-7,10-11,13-14H2,1-5H3,(H2,21,22,23). The lowest BCUT2D eigenvalue weighted by atomic mass is 9.84. The highest BCUT2D eigenvalue weighted by Crippen LogP contribution is 2.38. The molecule has 0 aromatic heterocycles.